The number of nitrogens with zero attached hydrogens (tertiary/aromatic N) is 3. The van der Waals surface area contributed by atoms with E-state index in [1.54, 1.807) is 24.3 Å². The van der Waals surface area contributed by atoms with Gasteiger partial charge in [0.25, 0.3) is 0 Å². The molecule has 0 bridgehead atoms. The van der Waals surface area contributed by atoms with E-state index >= 15 is 0 Å². The monoisotopic (exact) mass is 164 g/mol. The predicted molar refractivity (Wildman–Crippen MR) is 45.0 cm³/mol. The molecule has 3 N–H and O–H groups in total. The summed E-state index contributed by atoms with van der Waals surface area (Å²) < 4.78 is 0. The van der Waals surface area contributed by atoms with Crippen molar-refractivity contribution >= 4 is 5.69 Å². The number of aliphatic hydroxyl groups excluding tert-OH is 1. The van der Waals surface area contributed by atoms with Gasteiger partial charge in [-0.15, -0.1) is 0 Å². The Morgan fingerprint density at radius 2 is 2.00 bits per heavy atom. The lowest BCUT2D eigenvalue weighted by Crippen LogP contribution is -1.92. The van der Waals surface area contributed by atoms with Crippen LogP contribution >= 0.6 is 0 Å². The molecule has 1 unspecified atom stereocenters. The van der Waals surface area contributed by atoms with Crippen molar-refractivity contribution in [3.63, 3.8) is 0 Å². The summed E-state index contributed by atoms with van der Waals surface area (Å²) >= 11 is 0. The first-order valence-electron chi connectivity index (χ1n) is 3.32. The quantitative estimate of drug-likeness (QED) is 0.300. The molecule has 1 atom stereocenters. The Hall–Kier alpha value is -1.71. The number of benzene rings is 1. The maximum Gasteiger partial charge on any atom is 0.158 e. The van der Waals surface area contributed by atoms with Gasteiger partial charge >= 0.3 is 0 Å². The van der Waals surface area contributed by atoms with Crippen molar-refractivity contribution in [2.75, 3.05) is 5.73 Å². The molecule has 0 aliphatic heterocycles. The lowest BCUT2D eigenvalue weighted by atomic mass is 10.2. The Morgan fingerprint density at radius 1 is 1.42 bits per heavy atom. The number of nitrogen functional groups attached to an aromatic ring is 1. The number of hydrogen-bond acceptors (Lipinski definition) is 3. The summed E-state index contributed by atoms with van der Waals surface area (Å²) in [6, 6.07) is 6.47. The Morgan fingerprint density at radius 3 is 2.50 bits per heavy atom. The minimum atomic E-state index is -1.13. The van der Waals surface area contributed by atoms with Crippen molar-refractivity contribution in [1.29, 1.82) is 0 Å². The molecule has 0 aromatic heterocycles. The lowest BCUT2D eigenvalue weighted by Gasteiger charge is -2.02. The molecule has 0 fully saturated rings. The predicted octanol–water partition coefficient (Wildman–Crippen LogP) is 1.57. The summed E-state index contributed by atoms with van der Waals surface area (Å²) in [7, 11) is 0. The molecule has 0 amide bonds. The summed E-state index contributed by atoms with van der Waals surface area (Å²) in [5, 5.41) is 12.3. The lowest BCUT2D eigenvalue weighted by molar-refractivity contribution is 0.186. The molecule has 0 spiro atoms. The van der Waals surface area contributed by atoms with Crippen LogP contribution in [0.1, 0.15) is 11.8 Å². The Balaban J connectivity index is 2.89. The fourth-order valence-corrected chi connectivity index (χ4v) is 0.784. The van der Waals surface area contributed by atoms with Crippen LogP contribution in [0.4, 0.5) is 5.69 Å². The number of azide groups is 1. The van der Waals surface area contributed by atoms with Crippen molar-refractivity contribution in [2.45, 2.75) is 6.23 Å². The molecule has 1 aromatic carbocycles. The number of nitrogens with two attached hydrogens (primary N) is 1. The van der Waals surface area contributed by atoms with Crippen LogP contribution < -0.4 is 5.73 Å². The Labute approximate surface area is 69.1 Å². The van der Waals surface area contributed by atoms with E-state index in [0.717, 1.165) is 0 Å². The highest BCUT2D eigenvalue weighted by Gasteiger charge is 2.02. The maximum absolute atomic E-state index is 9.15. The molecule has 0 saturated heterocycles. The van der Waals surface area contributed by atoms with E-state index in [0.29, 0.717) is 11.3 Å². The molecule has 0 radical (unpaired) electrons. The molecule has 0 aliphatic carbocycles. The highest BCUT2D eigenvalue weighted by atomic mass is 16.3. The van der Waals surface area contributed by atoms with Crippen LogP contribution in [0.2, 0.25) is 0 Å². The van der Waals surface area contributed by atoms with Gasteiger partial charge < -0.3 is 10.8 Å². The van der Waals surface area contributed by atoms with E-state index in [9.17, 15) is 0 Å². The normalized spacial score (nSPS) is 11.8. The standard InChI is InChI=1S/C7H8N4O/c8-6-3-1-5(2-4-6)7(12)10-11-9/h1-4,7,12H,8H2. The second kappa shape index (κ2) is 3.61. The van der Waals surface area contributed by atoms with E-state index in [1.807, 2.05) is 0 Å². The number of aliphatic hydroxyl groups is 1. The molecule has 0 heterocycles. The number of rotatable bonds is 2. The summed E-state index contributed by atoms with van der Waals surface area (Å²) in [4.78, 5) is 2.48. The number of anilines is 1. The van der Waals surface area contributed by atoms with E-state index in [1.165, 1.54) is 0 Å². The number of hydrogen-bond donors (Lipinski definition) is 2. The zero-order valence-electron chi connectivity index (χ0n) is 6.25. The average molecular weight is 164 g/mol. The first-order chi connectivity index (χ1) is 5.74. The van der Waals surface area contributed by atoms with E-state index < -0.39 is 6.23 Å². The summed E-state index contributed by atoms with van der Waals surface area (Å²) in [6.07, 6.45) is -1.13. The van der Waals surface area contributed by atoms with E-state index in [2.05, 4.69) is 10.0 Å². The van der Waals surface area contributed by atoms with Crippen molar-refractivity contribution in [1.82, 2.24) is 0 Å². The van der Waals surface area contributed by atoms with Crippen molar-refractivity contribution in [2.24, 2.45) is 5.11 Å². The minimum absolute atomic E-state index is 0.530. The van der Waals surface area contributed by atoms with Crippen LogP contribution in [0.25, 0.3) is 10.4 Å². The second-order valence-corrected chi connectivity index (χ2v) is 2.25. The summed E-state index contributed by atoms with van der Waals surface area (Å²) in [5.74, 6) is 0. The zero-order chi connectivity index (χ0) is 8.97. The highest BCUT2D eigenvalue weighted by molar-refractivity contribution is 5.39. The van der Waals surface area contributed by atoms with Crippen LogP contribution in [-0.4, -0.2) is 5.11 Å². The molecule has 12 heavy (non-hydrogen) atoms. The average Bonchev–Trinajstić information content (AvgIpc) is 2.06. The third-order valence-corrected chi connectivity index (χ3v) is 1.40. The Bertz CT molecular complexity index is 302. The minimum Gasteiger partial charge on any atom is -0.399 e. The van der Waals surface area contributed by atoms with Gasteiger partial charge in [-0.1, -0.05) is 17.2 Å². The first kappa shape index (κ1) is 8.39. The summed E-state index contributed by atoms with van der Waals surface area (Å²) in [6.45, 7) is 0. The van der Waals surface area contributed by atoms with Crippen molar-refractivity contribution in [3.8, 4) is 0 Å². The van der Waals surface area contributed by atoms with Crippen LogP contribution in [0.15, 0.2) is 29.4 Å². The van der Waals surface area contributed by atoms with Gasteiger partial charge in [-0.05, 0) is 23.2 Å². The zero-order valence-corrected chi connectivity index (χ0v) is 6.25. The van der Waals surface area contributed by atoms with Gasteiger partial charge in [0.15, 0.2) is 6.23 Å². The van der Waals surface area contributed by atoms with Gasteiger partial charge in [0, 0.05) is 10.6 Å². The SMILES string of the molecule is [N-]=[N+]=NC(O)c1ccc(N)cc1. The topological polar surface area (TPSA) is 95.0 Å². The third-order valence-electron chi connectivity index (χ3n) is 1.40. The van der Waals surface area contributed by atoms with E-state index in [-0.39, 0.29) is 0 Å². The first-order valence-corrected chi connectivity index (χ1v) is 3.32. The maximum atomic E-state index is 9.15. The summed E-state index contributed by atoms with van der Waals surface area (Å²) in [5.41, 5.74) is 14.6. The van der Waals surface area contributed by atoms with E-state index in [4.69, 9.17) is 16.4 Å². The molecule has 1 aromatic rings. The smallest absolute Gasteiger partial charge is 0.158 e. The van der Waals surface area contributed by atoms with Gasteiger partial charge in [0.05, 0.1) is 0 Å². The highest BCUT2D eigenvalue weighted by Crippen LogP contribution is 2.15. The fourth-order valence-electron chi connectivity index (χ4n) is 0.784. The Kier molecular flexibility index (Phi) is 2.53. The van der Waals surface area contributed by atoms with Crippen molar-refractivity contribution in [3.05, 3.63) is 40.3 Å². The molecule has 1 rings (SSSR count). The molecule has 0 saturated carbocycles. The molecule has 0 aliphatic rings. The fraction of sp³-hybridized carbons (Fsp3) is 0.143. The van der Waals surface area contributed by atoms with Gasteiger partial charge in [-0.2, -0.15) is 0 Å². The van der Waals surface area contributed by atoms with Crippen LogP contribution in [0.3, 0.4) is 0 Å². The van der Waals surface area contributed by atoms with Crippen LogP contribution in [0.5, 0.6) is 0 Å². The van der Waals surface area contributed by atoms with Gasteiger partial charge in [0.1, 0.15) is 0 Å². The van der Waals surface area contributed by atoms with Gasteiger partial charge in [-0.25, -0.2) is 0 Å². The molecular weight excluding hydrogens is 156 g/mol. The van der Waals surface area contributed by atoms with Gasteiger partial charge in [0.2, 0.25) is 0 Å². The largest absolute Gasteiger partial charge is 0.399 e. The molecule has 5 heteroatoms. The molecule has 5 nitrogen and oxygen atoms in total. The van der Waals surface area contributed by atoms with Crippen molar-refractivity contribution < 1.29 is 5.11 Å². The van der Waals surface area contributed by atoms with Crippen LogP contribution in [0, 0.1) is 0 Å². The second-order valence-electron chi connectivity index (χ2n) is 2.25. The van der Waals surface area contributed by atoms with Gasteiger partial charge in [-0.3, -0.25) is 0 Å². The molecule has 62 valence electrons. The third kappa shape index (κ3) is 1.88. The molecular formula is C7H8N4O. The van der Waals surface area contributed by atoms with Crippen LogP contribution in [-0.2, 0) is 0 Å².